The highest BCUT2D eigenvalue weighted by Gasteiger charge is 2.18. The number of anilines is 1. The monoisotopic (exact) mass is 469 g/mol. The third kappa shape index (κ3) is 3.55. The van der Waals surface area contributed by atoms with Gasteiger partial charge in [-0.1, -0.05) is 18.2 Å². The van der Waals surface area contributed by atoms with Crippen molar-refractivity contribution in [3.63, 3.8) is 0 Å². The van der Waals surface area contributed by atoms with Crippen molar-refractivity contribution in [2.45, 2.75) is 0 Å². The Kier molecular flexibility index (Phi) is 5.04. The molecule has 1 N–H and O–H groups in total. The largest absolute Gasteiger partial charge is 0.455 e. The van der Waals surface area contributed by atoms with Crippen LogP contribution >= 0.6 is 15.9 Å². The second-order valence-electron chi connectivity index (χ2n) is 6.54. The molecular weight excluding hydrogens is 454 g/mol. The number of benzene rings is 2. The lowest BCUT2D eigenvalue weighted by Gasteiger charge is -2.16. The number of fused-ring (bicyclic) bond motifs is 1. The fourth-order valence-corrected chi connectivity index (χ4v) is 3.33. The van der Waals surface area contributed by atoms with E-state index >= 15 is 0 Å². The number of carbonyl (C=O) groups is 1. The Hall–Kier alpha value is -3.59. The number of aromatic nitrogens is 2. The molecule has 0 spiro atoms. The summed E-state index contributed by atoms with van der Waals surface area (Å²) in [4.78, 5) is 37.1. The molecule has 0 fully saturated rings. The van der Waals surface area contributed by atoms with Gasteiger partial charge in [0.15, 0.2) is 16.2 Å². The summed E-state index contributed by atoms with van der Waals surface area (Å²) < 4.78 is 14.2. The van der Waals surface area contributed by atoms with Crippen LogP contribution in [0.3, 0.4) is 0 Å². The highest BCUT2D eigenvalue weighted by Crippen LogP contribution is 2.33. The zero-order valence-corrected chi connectivity index (χ0v) is 17.6. The molecule has 2 heterocycles. The zero-order valence-electron chi connectivity index (χ0n) is 16.0. The molecule has 0 radical (unpaired) electrons. The number of hydrogen-bond acceptors (Lipinski definition) is 5. The molecule has 8 nitrogen and oxygen atoms in total. The first-order chi connectivity index (χ1) is 14.3. The third-order valence-electron chi connectivity index (χ3n) is 4.61. The molecule has 1 amide bonds. The van der Waals surface area contributed by atoms with Gasteiger partial charge in [-0.05, 0) is 46.3 Å². The Balaban J connectivity index is 1.88. The number of carbonyl (C=O) groups excluding carboxylic acids is 1. The van der Waals surface area contributed by atoms with E-state index in [4.69, 9.17) is 9.15 Å². The van der Waals surface area contributed by atoms with Gasteiger partial charge in [0.1, 0.15) is 5.75 Å². The van der Waals surface area contributed by atoms with Crippen molar-refractivity contribution >= 4 is 38.6 Å². The Morgan fingerprint density at radius 1 is 0.967 bits per heavy atom. The summed E-state index contributed by atoms with van der Waals surface area (Å²) in [6.07, 6.45) is 0. The van der Waals surface area contributed by atoms with Crippen LogP contribution in [-0.2, 0) is 14.1 Å². The van der Waals surface area contributed by atoms with Gasteiger partial charge < -0.3 is 23.6 Å². The van der Waals surface area contributed by atoms with Crippen LogP contribution in [0, 0.1) is 0 Å². The minimum atomic E-state index is -0.672. The lowest BCUT2D eigenvalue weighted by Crippen LogP contribution is -2.39. The van der Waals surface area contributed by atoms with Gasteiger partial charge in [-0.25, -0.2) is 0 Å². The lowest BCUT2D eigenvalue weighted by atomic mass is 10.2. The molecule has 0 bridgehead atoms. The van der Waals surface area contributed by atoms with Crippen LogP contribution in [0.4, 0.5) is 5.69 Å². The Morgan fingerprint density at radius 2 is 1.60 bits per heavy atom. The molecule has 2 aromatic heterocycles. The normalized spacial score (nSPS) is 10.9. The number of nitrogens with zero attached hydrogens (tertiary/aromatic N) is 2. The predicted octanol–water partition coefficient (Wildman–Crippen LogP) is 3.64. The average molecular weight is 470 g/mol. The molecule has 4 rings (SSSR count). The minimum absolute atomic E-state index is 0.0991. The topological polar surface area (TPSA) is 95.5 Å². The van der Waals surface area contributed by atoms with Crippen molar-refractivity contribution in [2.75, 3.05) is 5.32 Å². The van der Waals surface area contributed by atoms with Crippen LogP contribution in [0.2, 0.25) is 0 Å². The van der Waals surface area contributed by atoms with Crippen LogP contribution < -0.4 is 21.2 Å². The summed E-state index contributed by atoms with van der Waals surface area (Å²) in [7, 11) is 3.01. The lowest BCUT2D eigenvalue weighted by molar-refractivity contribution is 0.0995. The number of ether oxygens (including phenoxy) is 1. The summed E-state index contributed by atoms with van der Waals surface area (Å²) in [6, 6.07) is 15.3. The number of rotatable bonds is 4. The van der Waals surface area contributed by atoms with E-state index in [1.54, 1.807) is 30.3 Å². The maximum absolute atomic E-state index is 12.6. The summed E-state index contributed by atoms with van der Waals surface area (Å²) >= 11 is 3.17. The van der Waals surface area contributed by atoms with Crippen LogP contribution in [0.1, 0.15) is 10.6 Å². The van der Waals surface area contributed by atoms with Crippen molar-refractivity contribution in [2.24, 2.45) is 14.1 Å². The Bertz CT molecular complexity index is 1390. The molecule has 30 heavy (non-hydrogen) atoms. The predicted molar refractivity (Wildman–Crippen MR) is 115 cm³/mol. The maximum atomic E-state index is 12.6. The molecule has 0 atom stereocenters. The molecule has 0 unspecified atom stereocenters. The number of hydrogen-bond donors (Lipinski definition) is 1. The molecule has 152 valence electrons. The smallest absolute Gasteiger partial charge is 0.316 e. The Labute approximate surface area is 178 Å². The number of furan rings is 1. The molecule has 0 aliphatic rings. The number of amides is 1. The van der Waals surface area contributed by atoms with Gasteiger partial charge >= 0.3 is 11.1 Å². The van der Waals surface area contributed by atoms with Crippen LogP contribution in [0.15, 0.2) is 73.3 Å². The quantitative estimate of drug-likeness (QED) is 0.460. The van der Waals surface area contributed by atoms with Crippen LogP contribution in [0.25, 0.3) is 11.0 Å². The first-order valence-corrected chi connectivity index (χ1v) is 9.68. The minimum Gasteiger partial charge on any atom is -0.455 e. The van der Waals surface area contributed by atoms with Gasteiger partial charge in [-0.15, -0.1) is 0 Å². The molecular formula is C21H16BrN3O5. The van der Waals surface area contributed by atoms with Gasteiger partial charge in [0.25, 0.3) is 5.91 Å². The fourth-order valence-electron chi connectivity index (χ4n) is 3.02. The van der Waals surface area contributed by atoms with Gasteiger partial charge in [-0.3, -0.25) is 14.4 Å². The van der Waals surface area contributed by atoms with Gasteiger partial charge in [0.2, 0.25) is 0 Å². The average Bonchev–Trinajstić information content (AvgIpc) is 3.18. The van der Waals surface area contributed by atoms with Gasteiger partial charge in [0.05, 0.1) is 16.7 Å². The number of nitrogens with one attached hydrogen (secondary N) is 1. The number of para-hydroxylation sites is 1. The van der Waals surface area contributed by atoms with E-state index in [0.29, 0.717) is 32.9 Å². The number of aryl methyl sites for hydroxylation is 2. The van der Waals surface area contributed by atoms with E-state index in [0.717, 1.165) is 0 Å². The van der Waals surface area contributed by atoms with Crippen LogP contribution in [-0.4, -0.2) is 15.0 Å². The van der Waals surface area contributed by atoms with E-state index in [-0.39, 0.29) is 5.76 Å². The van der Waals surface area contributed by atoms with Crippen LogP contribution in [0.5, 0.6) is 11.5 Å². The van der Waals surface area contributed by atoms with E-state index < -0.39 is 17.0 Å². The van der Waals surface area contributed by atoms with Crippen molar-refractivity contribution in [3.8, 4) is 11.5 Å². The second-order valence-corrected chi connectivity index (χ2v) is 7.32. The standard InChI is InChI=1S/C21H16BrN3O5/c1-24-14-10-13(23-19(26)16-8-9-18(22)30-16)17(29-12-6-4-3-5-7-12)11-15(14)25(2)21(28)20(24)27/h3-11H,1-2H3,(H,23,26). The van der Waals surface area contributed by atoms with Crippen molar-refractivity contribution in [3.05, 3.63) is 85.7 Å². The van der Waals surface area contributed by atoms with Gasteiger partial charge in [0, 0.05) is 20.2 Å². The third-order valence-corrected chi connectivity index (χ3v) is 5.03. The summed E-state index contributed by atoms with van der Waals surface area (Å²) in [6.45, 7) is 0. The maximum Gasteiger partial charge on any atom is 0.316 e. The molecule has 4 aromatic rings. The zero-order chi connectivity index (χ0) is 21.4. The van der Waals surface area contributed by atoms with Crippen molar-refractivity contribution < 1.29 is 13.9 Å². The van der Waals surface area contributed by atoms with E-state index in [9.17, 15) is 14.4 Å². The molecule has 0 aliphatic heterocycles. The van der Waals surface area contributed by atoms with E-state index in [1.807, 2.05) is 18.2 Å². The molecule has 0 saturated carbocycles. The molecule has 9 heteroatoms. The second kappa shape index (κ2) is 7.68. The van der Waals surface area contributed by atoms with Gasteiger partial charge in [-0.2, -0.15) is 0 Å². The highest BCUT2D eigenvalue weighted by atomic mass is 79.9. The molecule has 2 aromatic carbocycles. The molecule has 0 aliphatic carbocycles. The SMILES string of the molecule is Cn1c(=O)c(=O)n(C)c2cc(Oc3ccccc3)c(NC(=O)c3ccc(Br)o3)cc21. The summed E-state index contributed by atoms with van der Waals surface area (Å²) in [5.74, 6) is 0.457. The first-order valence-electron chi connectivity index (χ1n) is 8.88. The summed E-state index contributed by atoms with van der Waals surface area (Å²) in [5, 5.41) is 2.75. The summed E-state index contributed by atoms with van der Waals surface area (Å²) in [5.41, 5.74) is -0.0791. The first kappa shape index (κ1) is 19.7. The molecule has 0 saturated heterocycles. The van der Waals surface area contributed by atoms with Crippen molar-refractivity contribution in [1.29, 1.82) is 0 Å². The highest BCUT2D eigenvalue weighted by molar-refractivity contribution is 9.10. The number of halogens is 1. The van der Waals surface area contributed by atoms with Crippen molar-refractivity contribution in [1.82, 2.24) is 9.13 Å². The fraction of sp³-hybridized carbons (Fsp3) is 0.0952. The van der Waals surface area contributed by atoms with E-state index in [1.165, 1.54) is 29.3 Å². The van der Waals surface area contributed by atoms with E-state index in [2.05, 4.69) is 21.2 Å². The Morgan fingerprint density at radius 3 is 2.20 bits per heavy atom.